The summed E-state index contributed by atoms with van der Waals surface area (Å²) in [4.78, 5) is 48.2. The number of hydrogen-bond acceptors (Lipinski definition) is 8. The van der Waals surface area contributed by atoms with Crippen molar-refractivity contribution in [2.24, 2.45) is 4.99 Å². The molecule has 3 aromatic carbocycles. The Bertz CT molecular complexity index is 1960. The van der Waals surface area contributed by atoms with Crippen LogP contribution in [-0.2, 0) is 20.9 Å². The maximum Gasteiger partial charge on any atom is 0.338 e. The second kappa shape index (κ2) is 10.8. The number of benzene rings is 3. The van der Waals surface area contributed by atoms with E-state index in [1.165, 1.54) is 17.7 Å². The number of rotatable bonds is 6. The van der Waals surface area contributed by atoms with Gasteiger partial charge in [0.25, 0.3) is 11.5 Å². The predicted molar refractivity (Wildman–Crippen MR) is 158 cm³/mol. The van der Waals surface area contributed by atoms with Crippen LogP contribution in [0.3, 0.4) is 0 Å². The fraction of sp³-hybridized carbons (Fsp3) is 0.188. The number of nitrogens with zero attached hydrogens (tertiary/aromatic N) is 3. The fourth-order valence-corrected chi connectivity index (χ4v) is 6.58. The quantitative estimate of drug-likeness (QED) is 0.350. The van der Waals surface area contributed by atoms with E-state index in [1.54, 1.807) is 30.9 Å². The van der Waals surface area contributed by atoms with Crippen molar-refractivity contribution >= 4 is 34.5 Å². The molecule has 1 unspecified atom stereocenters. The van der Waals surface area contributed by atoms with Crippen LogP contribution in [0.5, 0.6) is 11.5 Å². The van der Waals surface area contributed by atoms with Crippen molar-refractivity contribution in [2.75, 3.05) is 18.6 Å². The molecule has 1 aromatic heterocycles. The summed E-state index contributed by atoms with van der Waals surface area (Å²) in [5.74, 6) is -0.785. The van der Waals surface area contributed by atoms with Crippen molar-refractivity contribution in [3.05, 3.63) is 120 Å². The highest BCUT2D eigenvalue weighted by atomic mass is 32.1. The number of esters is 1. The highest BCUT2D eigenvalue weighted by Gasteiger charge is 2.37. The van der Waals surface area contributed by atoms with Gasteiger partial charge in [0, 0.05) is 5.56 Å². The number of phenols is 1. The van der Waals surface area contributed by atoms with E-state index in [2.05, 4.69) is 4.99 Å². The van der Waals surface area contributed by atoms with Crippen LogP contribution in [0, 0.1) is 0 Å². The van der Waals surface area contributed by atoms with Crippen molar-refractivity contribution in [3.8, 4) is 11.5 Å². The monoisotopic (exact) mass is 581 g/mol. The molecule has 10 heteroatoms. The van der Waals surface area contributed by atoms with Gasteiger partial charge in [-0.05, 0) is 43.2 Å². The molecule has 1 N–H and O–H groups in total. The molecule has 2 aliphatic heterocycles. The lowest BCUT2D eigenvalue weighted by Crippen LogP contribution is -2.41. The number of hydrogen-bond donors (Lipinski definition) is 1. The number of methoxy groups -OCH3 is 1. The Morgan fingerprint density at radius 2 is 1.79 bits per heavy atom. The number of para-hydroxylation sites is 1. The summed E-state index contributed by atoms with van der Waals surface area (Å²) >= 11 is 1.11. The smallest absolute Gasteiger partial charge is 0.338 e. The standard InChI is InChI=1S/C32H27N3O6S/c1-4-41-31(39)25-18(2)33-32-35(27(25)20-14-15-23(36)24(16-20)40-3)30(38)28(42-32)26-21-12-8-9-13-22(21)34(29(26)37)17-19-10-6-5-7-11-19/h5-16,27,36H,4,17H2,1-3H3/b28-26+. The Morgan fingerprint density at radius 3 is 2.52 bits per heavy atom. The summed E-state index contributed by atoms with van der Waals surface area (Å²) in [6, 6.07) is 20.8. The molecule has 0 saturated heterocycles. The maximum absolute atomic E-state index is 14.3. The van der Waals surface area contributed by atoms with Gasteiger partial charge in [0.15, 0.2) is 16.3 Å². The summed E-state index contributed by atoms with van der Waals surface area (Å²) in [5.41, 5.74) is 3.28. The Morgan fingerprint density at radius 1 is 1.05 bits per heavy atom. The van der Waals surface area contributed by atoms with E-state index in [0.29, 0.717) is 33.7 Å². The zero-order valence-corrected chi connectivity index (χ0v) is 24.0. The first-order chi connectivity index (χ1) is 20.3. The van der Waals surface area contributed by atoms with Crippen LogP contribution < -0.4 is 24.5 Å². The summed E-state index contributed by atoms with van der Waals surface area (Å²) < 4.78 is 12.3. The molecular formula is C32H27N3O6S. The molecule has 0 spiro atoms. The molecule has 6 rings (SSSR count). The number of amides is 1. The van der Waals surface area contributed by atoms with E-state index in [0.717, 1.165) is 22.6 Å². The highest BCUT2D eigenvalue weighted by molar-refractivity contribution is 7.07. The number of thiazole rings is 1. The lowest BCUT2D eigenvalue weighted by molar-refractivity contribution is -0.139. The number of carbonyl (C=O) groups is 2. The van der Waals surface area contributed by atoms with Crippen LogP contribution in [-0.4, -0.2) is 35.3 Å². The van der Waals surface area contributed by atoms with E-state index in [9.17, 15) is 19.5 Å². The summed E-state index contributed by atoms with van der Waals surface area (Å²) in [6.07, 6.45) is 0. The number of anilines is 1. The number of aromatic nitrogens is 1. The average Bonchev–Trinajstić information content (AvgIpc) is 3.45. The van der Waals surface area contributed by atoms with Crippen molar-refractivity contribution < 1.29 is 24.2 Å². The molecule has 1 atom stereocenters. The van der Waals surface area contributed by atoms with Crippen molar-refractivity contribution in [1.82, 2.24) is 4.57 Å². The summed E-state index contributed by atoms with van der Waals surface area (Å²) in [5, 5.41) is 10.2. The Hall–Kier alpha value is -4.96. The molecule has 0 aliphatic carbocycles. The predicted octanol–water partition coefficient (Wildman–Crippen LogP) is 3.43. The number of fused-ring (bicyclic) bond motifs is 2. The van der Waals surface area contributed by atoms with Crippen LogP contribution in [0.15, 0.2) is 93.9 Å². The van der Waals surface area contributed by atoms with Crippen LogP contribution >= 0.6 is 11.3 Å². The Labute approximate surface area is 244 Å². The topological polar surface area (TPSA) is 110 Å². The van der Waals surface area contributed by atoms with Gasteiger partial charge < -0.3 is 19.5 Å². The largest absolute Gasteiger partial charge is 0.504 e. The number of ether oxygens (including phenoxy) is 2. The minimum Gasteiger partial charge on any atom is -0.504 e. The van der Waals surface area contributed by atoms with E-state index >= 15 is 0 Å². The van der Waals surface area contributed by atoms with Gasteiger partial charge in [-0.15, -0.1) is 0 Å². The van der Waals surface area contributed by atoms with Crippen molar-refractivity contribution in [1.29, 1.82) is 0 Å². The normalized spacial score (nSPS) is 17.1. The van der Waals surface area contributed by atoms with Gasteiger partial charge in [-0.3, -0.25) is 14.2 Å². The first kappa shape index (κ1) is 27.2. The van der Waals surface area contributed by atoms with E-state index in [1.807, 2.05) is 54.6 Å². The molecule has 4 aromatic rings. The van der Waals surface area contributed by atoms with Crippen LogP contribution in [0.1, 0.15) is 36.6 Å². The summed E-state index contributed by atoms with van der Waals surface area (Å²) in [6.45, 7) is 3.88. The molecule has 0 bridgehead atoms. The first-order valence-electron chi connectivity index (χ1n) is 13.4. The second-order valence-corrected chi connectivity index (χ2v) is 10.8. The minimum absolute atomic E-state index is 0.0825. The lowest BCUT2D eigenvalue weighted by atomic mass is 9.95. The van der Waals surface area contributed by atoms with Gasteiger partial charge in [-0.1, -0.05) is 65.9 Å². The van der Waals surface area contributed by atoms with E-state index < -0.39 is 17.6 Å². The highest BCUT2D eigenvalue weighted by Crippen LogP contribution is 2.38. The van der Waals surface area contributed by atoms with E-state index in [-0.39, 0.29) is 34.1 Å². The summed E-state index contributed by atoms with van der Waals surface area (Å²) in [7, 11) is 1.42. The SMILES string of the molecule is CCOC(=O)C1=C(C)N=c2s/c(=C3/C(=O)N(Cc4ccccc4)c4ccccc43)c(=O)n2C1c1ccc(O)c(OC)c1. The van der Waals surface area contributed by atoms with E-state index in [4.69, 9.17) is 9.47 Å². The van der Waals surface area contributed by atoms with Gasteiger partial charge in [-0.2, -0.15) is 0 Å². The number of aromatic hydroxyl groups is 1. The molecule has 9 nitrogen and oxygen atoms in total. The maximum atomic E-state index is 14.3. The van der Waals surface area contributed by atoms with Gasteiger partial charge in [0.05, 0.1) is 48.8 Å². The Kier molecular flexibility index (Phi) is 6.99. The third kappa shape index (κ3) is 4.40. The third-order valence-electron chi connectivity index (χ3n) is 7.35. The zero-order valence-electron chi connectivity index (χ0n) is 23.2. The average molecular weight is 582 g/mol. The van der Waals surface area contributed by atoms with Gasteiger partial charge >= 0.3 is 5.97 Å². The van der Waals surface area contributed by atoms with Gasteiger partial charge in [0.2, 0.25) is 0 Å². The molecular weight excluding hydrogens is 554 g/mol. The van der Waals surface area contributed by atoms with Gasteiger partial charge in [0.1, 0.15) is 4.53 Å². The Balaban J connectivity index is 1.59. The van der Waals surface area contributed by atoms with Crippen LogP contribution in [0.25, 0.3) is 5.57 Å². The molecule has 0 radical (unpaired) electrons. The van der Waals surface area contributed by atoms with Crippen LogP contribution in [0.2, 0.25) is 0 Å². The molecule has 42 heavy (non-hydrogen) atoms. The number of allylic oxidation sites excluding steroid dienone is 1. The molecule has 3 heterocycles. The van der Waals surface area contributed by atoms with Gasteiger partial charge in [-0.25, -0.2) is 9.79 Å². The minimum atomic E-state index is -0.920. The first-order valence-corrected chi connectivity index (χ1v) is 14.2. The zero-order chi connectivity index (χ0) is 29.5. The molecule has 2 aliphatic rings. The molecule has 212 valence electrons. The second-order valence-electron chi connectivity index (χ2n) is 9.82. The van der Waals surface area contributed by atoms with Crippen molar-refractivity contribution in [3.63, 3.8) is 0 Å². The number of carbonyl (C=O) groups excluding carboxylic acids is 2. The third-order valence-corrected chi connectivity index (χ3v) is 8.40. The number of phenolic OH excluding ortho intramolecular Hbond substituents is 1. The van der Waals surface area contributed by atoms with Crippen LogP contribution in [0.4, 0.5) is 5.69 Å². The lowest BCUT2D eigenvalue weighted by Gasteiger charge is -2.25. The molecule has 1 amide bonds. The molecule has 0 saturated carbocycles. The molecule has 0 fully saturated rings. The fourth-order valence-electron chi connectivity index (χ4n) is 5.44. The van der Waals surface area contributed by atoms with Crippen molar-refractivity contribution in [2.45, 2.75) is 26.4 Å².